The molecule has 0 radical (unpaired) electrons. The van der Waals surface area contributed by atoms with Gasteiger partial charge < -0.3 is 15.2 Å². The third-order valence-corrected chi connectivity index (χ3v) is 3.87. The highest BCUT2D eigenvalue weighted by molar-refractivity contribution is 7.07. The molecule has 2 aromatic rings. The first-order chi connectivity index (χ1) is 10.2. The van der Waals surface area contributed by atoms with Crippen LogP contribution in [0.4, 0.5) is 17.8 Å². The van der Waals surface area contributed by atoms with Crippen molar-refractivity contribution in [1.29, 1.82) is 0 Å². The zero-order valence-electron chi connectivity index (χ0n) is 11.3. The van der Waals surface area contributed by atoms with Crippen molar-refractivity contribution >= 4 is 29.2 Å². The Kier molecular flexibility index (Phi) is 3.97. The molecule has 3 heterocycles. The highest BCUT2D eigenvalue weighted by Gasteiger charge is 2.17. The molecule has 9 nitrogen and oxygen atoms in total. The maximum absolute atomic E-state index is 11.1. The molecule has 0 aliphatic carbocycles. The van der Waals surface area contributed by atoms with E-state index in [4.69, 9.17) is 5.84 Å². The number of H-pyrrole nitrogens is 1. The lowest BCUT2D eigenvalue weighted by atomic mass is 10.4. The van der Waals surface area contributed by atoms with Crippen molar-refractivity contribution in [1.82, 2.24) is 19.9 Å². The van der Waals surface area contributed by atoms with Gasteiger partial charge in [-0.1, -0.05) is 11.3 Å². The van der Waals surface area contributed by atoms with Gasteiger partial charge in [0.25, 0.3) is 0 Å². The van der Waals surface area contributed by atoms with Crippen LogP contribution in [0, 0.1) is 0 Å². The van der Waals surface area contributed by atoms with Gasteiger partial charge in [0.05, 0.1) is 6.54 Å². The van der Waals surface area contributed by atoms with E-state index in [0.29, 0.717) is 24.4 Å². The van der Waals surface area contributed by atoms with Crippen LogP contribution in [-0.2, 0) is 6.54 Å². The SMILES string of the molecule is NNc1nc(NCc2csc(=O)[nH]2)nc(N2CCCC2)n1. The molecule has 3 rings (SSSR count). The number of nitrogens with two attached hydrogens (primary N) is 1. The van der Waals surface area contributed by atoms with Crippen LogP contribution >= 0.6 is 11.3 Å². The van der Waals surface area contributed by atoms with E-state index in [0.717, 1.165) is 43.0 Å². The summed E-state index contributed by atoms with van der Waals surface area (Å²) in [5.74, 6) is 6.75. The second-order valence-corrected chi connectivity index (χ2v) is 5.49. The third kappa shape index (κ3) is 3.28. The first-order valence-corrected chi connectivity index (χ1v) is 7.51. The molecule has 0 spiro atoms. The van der Waals surface area contributed by atoms with Gasteiger partial charge in [-0.3, -0.25) is 10.2 Å². The van der Waals surface area contributed by atoms with Gasteiger partial charge >= 0.3 is 4.87 Å². The Morgan fingerprint density at radius 3 is 2.71 bits per heavy atom. The standard InChI is InChI=1S/C11H16N8OS/c12-18-9-15-8(13-5-7-6-21-11(20)14-7)16-10(17-9)19-3-1-2-4-19/h6H,1-5,12H2,(H,14,20)(H2,13,15,16,17,18). The summed E-state index contributed by atoms with van der Waals surface area (Å²) in [6.07, 6.45) is 2.27. The number of hydrogen-bond donors (Lipinski definition) is 4. The molecule has 0 unspecified atom stereocenters. The molecule has 5 N–H and O–H groups in total. The highest BCUT2D eigenvalue weighted by Crippen LogP contribution is 2.18. The summed E-state index contributed by atoms with van der Waals surface area (Å²) in [5.41, 5.74) is 3.24. The van der Waals surface area contributed by atoms with Crippen LogP contribution < -0.4 is 26.4 Å². The Labute approximate surface area is 124 Å². The van der Waals surface area contributed by atoms with Crippen molar-refractivity contribution in [3.05, 3.63) is 20.7 Å². The second-order valence-electron chi connectivity index (χ2n) is 4.65. The normalized spacial score (nSPS) is 14.4. The molecule has 0 saturated carbocycles. The Hall–Kier alpha value is -2.20. The number of thiazole rings is 1. The zero-order chi connectivity index (χ0) is 14.7. The van der Waals surface area contributed by atoms with Gasteiger partial charge in [0, 0.05) is 24.2 Å². The van der Waals surface area contributed by atoms with Crippen LogP contribution in [0.15, 0.2) is 10.2 Å². The number of aromatic amines is 1. The lowest BCUT2D eigenvalue weighted by molar-refractivity contribution is 0.874. The number of nitrogens with zero attached hydrogens (tertiary/aromatic N) is 4. The summed E-state index contributed by atoms with van der Waals surface area (Å²) in [6, 6.07) is 0. The van der Waals surface area contributed by atoms with Gasteiger partial charge in [0.15, 0.2) is 0 Å². The van der Waals surface area contributed by atoms with Gasteiger partial charge in [-0.25, -0.2) is 5.84 Å². The third-order valence-electron chi connectivity index (χ3n) is 3.15. The average molecular weight is 308 g/mol. The summed E-state index contributed by atoms with van der Waals surface area (Å²) in [7, 11) is 0. The molecular formula is C11H16N8OS. The van der Waals surface area contributed by atoms with E-state index >= 15 is 0 Å². The largest absolute Gasteiger partial charge is 0.348 e. The van der Waals surface area contributed by atoms with E-state index in [1.807, 2.05) is 0 Å². The molecule has 0 amide bonds. The minimum Gasteiger partial charge on any atom is -0.348 e. The number of nitrogen functional groups attached to an aromatic ring is 1. The number of aromatic nitrogens is 4. The fourth-order valence-corrected chi connectivity index (χ4v) is 2.72. The van der Waals surface area contributed by atoms with Crippen LogP contribution in [0.1, 0.15) is 18.5 Å². The van der Waals surface area contributed by atoms with E-state index in [1.54, 1.807) is 5.38 Å². The van der Waals surface area contributed by atoms with E-state index in [-0.39, 0.29) is 4.87 Å². The van der Waals surface area contributed by atoms with Gasteiger partial charge in [-0.2, -0.15) is 15.0 Å². The van der Waals surface area contributed by atoms with Crippen LogP contribution in [0.25, 0.3) is 0 Å². The second kappa shape index (κ2) is 6.06. The number of hydrogen-bond acceptors (Lipinski definition) is 9. The summed E-state index contributed by atoms with van der Waals surface area (Å²) >= 11 is 1.13. The summed E-state index contributed by atoms with van der Waals surface area (Å²) in [5, 5.41) is 4.83. The monoisotopic (exact) mass is 308 g/mol. The molecule has 0 aromatic carbocycles. The molecule has 1 aliphatic heterocycles. The maximum atomic E-state index is 11.1. The highest BCUT2D eigenvalue weighted by atomic mass is 32.1. The van der Waals surface area contributed by atoms with Crippen LogP contribution in [-0.4, -0.2) is 33.0 Å². The molecule has 1 saturated heterocycles. The van der Waals surface area contributed by atoms with Crippen molar-refractivity contribution < 1.29 is 0 Å². The van der Waals surface area contributed by atoms with E-state index < -0.39 is 0 Å². The lowest BCUT2D eigenvalue weighted by Gasteiger charge is -2.16. The predicted molar refractivity (Wildman–Crippen MR) is 81.4 cm³/mol. The minimum absolute atomic E-state index is 0.0792. The molecule has 0 atom stereocenters. The number of rotatable bonds is 5. The van der Waals surface area contributed by atoms with Gasteiger partial charge in [0.2, 0.25) is 17.8 Å². The van der Waals surface area contributed by atoms with Crippen LogP contribution in [0.5, 0.6) is 0 Å². The Bertz CT molecular complexity index is 662. The summed E-state index contributed by atoms with van der Waals surface area (Å²) in [6.45, 7) is 2.31. The fourth-order valence-electron chi connectivity index (χ4n) is 2.14. The van der Waals surface area contributed by atoms with Crippen molar-refractivity contribution in [3.8, 4) is 0 Å². The van der Waals surface area contributed by atoms with Crippen LogP contribution in [0.3, 0.4) is 0 Å². The Morgan fingerprint density at radius 1 is 1.29 bits per heavy atom. The van der Waals surface area contributed by atoms with E-state index in [1.165, 1.54) is 0 Å². The number of nitrogens with one attached hydrogen (secondary N) is 3. The average Bonchev–Trinajstić information content (AvgIpc) is 3.16. The molecule has 2 aromatic heterocycles. The number of hydrazine groups is 1. The fraction of sp³-hybridized carbons (Fsp3) is 0.455. The molecule has 1 aliphatic rings. The molecular weight excluding hydrogens is 292 g/mol. The maximum Gasteiger partial charge on any atom is 0.304 e. The van der Waals surface area contributed by atoms with Gasteiger partial charge in [-0.05, 0) is 12.8 Å². The quantitative estimate of drug-likeness (QED) is 0.453. The first-order valence-electron chi connectivity index (χ1n) is 6.63. The molecule has 112 valence electrons. The minimum atomic E-state index is -0.0792. The zero-order valence-corrected chi connectivity index (χ0v) is 12.1. The summed E-state index contributed by atoms with van der Waals surface area (Å²) in [4.78, 5) is 28.7. The molecule has 1 fully saturated rings. The topological polar surface area (TPSA) is 125 Å². The number of anilines is 3. The predicted octanol–water partition coefficient (Wildman–Crippen LogP) is 0.119. The van der Waals surface area contributed by atoms with Crippen molar-refractivity contribution in [2.45, 2.75) is 19.4 Å². The smallest absolute Gasteiger partial charge is 0.304 e. The first kappa shape index (κ1) is 13.8. The molecule has 0 bridgehead atoms. The lowest BCUT2D eigenvalue weighted by Crippen LogP contribution is -2.23. The van der Waals surface area contributed by atoms with Crippen molar-refractivity contribution in [3.63, 3.8) is 0 Å². The summed E-state index contributed by atoms with van der Waals surface area (Å²) < 4.78 is 0. The Balaban J connectivity index is 1.76. The van der Waals surface area contributed by atoms with Gasteiger partial charge in [-0.15, -0.1) is 0 Å². The Morgan fingerprint density at radius 2 is 2.05 bits per heavy atom. The molecule has 21 heavy (non-hydrogen) atoms. The molecule has 10 heteroatoms. The van der Waals surface area contributed by atoms with E-state index in [2.05, 4.69) is 35.6 Å². The van der Waals surface area contributed by atoms with E-state index in [9.17, 15) is 4.79 Å². The van der Waals surface area contributed by atoms with Gasteiger partial charge in [0.1, 0.15) is 0 Å². The van der Waals surface area contributed by atoms with Crippen LogP contribution in [0.2, 0.25) is 0 Å². The van der Waals surface area contributed by atoms with Crippen molar-refractivity contribution in [2.24, 2.45) is 5.84 Å². The van der Waals surface area contributed by atoms with Crippen molar-refractivity contribution in [2.75, 3.05) is 28.7 Å².